The Morgan fingerprint density at radius 2 is 1.09 bits per heavy atom. The molecular formula is C40H56N2O3. The van der Waals surface area contributed by atoms with Crippen molar-refractivity contribution in [3.63, 3.8) is 0 Å². The van der Waals surface area contributed by atoms with Gasteiger partial charge in [0.25, 0.3) is 0 Å². The van der Waals surface area contributed by atoms with Crippen molar-refractivity contribution < 1.29 is 16.0 Å². The molecule has 4 aromatic carbocycles. The van der Waals surface area contributed by atoms with Crippen molar-refractivity contribution >= 4 is 0 Å². The van der Waals surface area contributed by atoms with E-state index in [1.807, 2.05) is 12.1 Å². The van der Waals surface area contributed by atoms with Gasteiger partial charge in [-0.2, -0.15) is 0 Å². The highest BCUT2D eigenvalue weighted by Crippen LogP contribution is 2.31. The van der Waals surface area contributed by atoms with E-state index in [1.54, 1.807) is 0 Å². The summed E-state index contributed by atoms with van der Waals surface area (Å²) in [7, 11) is 0. The van der Waals surface area contributed by atoms with Crippen LogP contribution in [0.15, 0.2) is 121 Å². The van der Waals surface area contributed by atoms with Gasteiger partial charge in [-0.1, -0.05) is 143 Å². The molecule has 5 heteroatoms. The molecule has 244 valence electrons. The number of hydrogen-bond donors (Lipinski definition) is 3. The molecule has 1 saturated heterocycles. The molecule has 0 spiro atoms. The topological polar surface area (TPSA) is 62.8 Å². The van der Waals surface area contributed by atoms with Crippen LogP contribution in [0.5, 0.6) is 0 Å². The quantitative estimate of drug-likeness (QED) is 0.124. The number of ether oxygens (including phenoxy) is 2. The monoisotopic (exact) mass is 613 g/mol. The molecule has 1 aliphatic rings. The SMILES string of the molecule is C.C[C@@H](c1ccccc1)[C@@H](NCCO)c1ccccc1.C[C@@H](c1ccccc1)[C@@H](NCCOC1CCCCO1)c1ccccc1.[2HH]. The van der Waals surface area contributed by atoms with Gasteiger partial charge in [-0.25, -0.2) is 0 Å². The Labute approximate surface area is 273 Å². The summed E-state index contributed by atoms with van der Waals surface area (Å²) in [5, 5.41) is 16.2. The molecule has 5 nitrogen and oxygen atoms in total. The lowest BCUT2D eigenvalue weighted by atomic mass is 9.88. The van der Waals surface area contributed by atoms with Crippen molar-refractivity contribution in [3.05, 3.63) is 144 Å². The first-order valence-electron chi connectivity index (χ1n) is 16.2. The van der Waals surface area contributed by atoms with Gasteiger partial charge >= 0.3 is 0 Å². The van der Waals surface area contributed by atoms with Gasteiger partial charge in [0.15, 0.2) is 6.29 Å². The Bertz CT molecular complexity index is 1280. The van der Waals surface area contributed by atoms with E-state index in [1.165, 1.54) is 28.7 Å². The highest BCUT2D eigenvalue weighted by atomic mass is 16.7. The van der Waals surface area contributed by atoms with Crippen LogP contribution in [0.3, 0.4) is 0 Å². The smallest absolute Gasteiger partial charge is 0.157 e. The molecule has 0 bridgehead atoms. The average Bonchev–Trinajstić information content (AvgIpc) is 3.10. The molecule has 1 heterocycles. The minimum Gasteiger partial charge on any atom is -0.395 e. The van der Waals surface area contributed by atoms with E-state index in [0.717, 1.165) is 26.0 Å². The van der Waals surface area contributed by atoms with Crippen LogP contribution in [0.1, 0.15) is 88.1 Å². The summed E-state index contributed by atoms with van der Waals surface area (Å²) in [6, 6.07) is 42.7. The lowest BCUT2D eigenvalue weighted by Crippen LogP contribution is -2.31. The first-order chi connectivity index (χ1) is 21.7. The summed E-state index contributed by atoms with van der Waals surface area (Å²) < 4.78 is 11.5. The van der Waals surface area contributed by atoms with Gasteiger partial charge in [0.1, 0.15) is 0 Å². The van der Waals surface area contributed by atoms with Crippen LogP contribution >= 0.6 is 0 Å². The Balaban J connectivity index is 0.000000317. The Hall–Kier alpha value is -3.32. The molecule has 5 rings (SSSR count). The predicted octanol–water partition coefficient (Wildman–Crippen LogP) is 8.66. The second-order valence-electron chi connectivity index (χ2n) is 11.5. The molecule has 1 fully saturated rings. The van der Waals surface area contributed by atoms with Gasteiger partial charge in [0.05, 0.1) is 13.2 Å². The second-order valence-corrected chi connectivity index (χ2v) is 11.5. The van der Waals surface area contributed by atoms with Crippen molar-refractivity contribution in [3.8, 4) is 0 Å². The molecule has 0 amide bonds. The standard InChI is InChI=1S/C22H29NO2.C17H21NO.CH4.H2/c1-18(19-10-4-2-5-11-19)22(20-12-6-3-7-13-20)23-15-17-25-21-14-8-9-16-24-21;1-14(15-8-4-2-5-9-15)17(18-12-13-19)16-10-6-3-7-11-16;;/h2-7,10-13,18,21-23H,8-9,14-17H2,1H3;2-11,14,17-19H,12-13H2,1H3;1H4;1H/t18-,21?,22+;14-,17+;;/m00../s1/i;;;1+1. The van der Waals surface area contributed by atoms with Crippen LogP contribution in [0.25, 0.3) is 0 Å². The summed E-state index contributed by atoms with van der Waals surface area (Å²) in [5.41, 5.74) is 5.22. The first-order valence-corrected chi connectivity index (χ1v) is 16.2. The number of rotatable bonds is 14. The molecule has 5 atom stereocenters. The third-order valence-corrected chi connectivity index (χ3v) is 8.35. The van der Waals surface area contributed by atoms with Crippen molar-refractivity contribution in [1.29, 1.82) is 0 Å². The van der Waals surface area contributed by atoms with Crippen LogP contribution < -0.4 is 10.6 Å². The van der Waals surface area contributed by atoms with Gasteiger partial charge in [-0.3, -0.25) is 0 Å². The molecule has 4 aromatic rings. The van der Waals surface area contributed by atoms with E-state index < -0.39 is 0 Å². The van der Waals surface area contributed by atoms with Crippen molar-refractivity contribution in [2.24, 2.45) is 0 Å². The van der Waals surface area contributed by atoms with E-state index in [9.17, 15) is 0 Å². The highest BCUT2D eigenvalue weighted by Gasteiger charge is 2.21. The fraction of sp³-hybridized carbons (Fsp3) is 0.400. The minimum absolute atomic E-state index is 0. The third kappa shape index (κ3) is 11.8. The molecule has 0 saturated carbocycles. The van der Waals surface area contributed by atoms with E-state index in [4.69, 9.17) is 14.6 Å². The molecule has 3 N–H and O–H groups in total. The minimum atomic E-state index is -0.0164. The first kappa shape index (κ1) is 36.2. The number of aliphatic hydroxyl groups is 1. The lowest BCUT2D eigenvalue weighted by molar-refractivity contribution is -0.161. The Kier molecular flexibility index (Phi) is 16.6. The van der Waals surface area contributed by atoms with Crippen LogP contribution in [0, 0.1) is 0 Å². The van der Waals surface area contributed by atoms with E-state index >= 15 is 0 Å². The van der Waals surface area contributed by atoms with Crippen molar-refractivity contribution in [2.45, 2.75) is 70.7 Å². The highest BCUT2D eigenvalue weighted by molar-refractivity contribution is 5.28. The van der Waals surface area contributed by atoms with Gasteiger partial charge in [-0.15, -0.1) is 0 Å². The molecule has 1 aliphatic heterocycles. The fourth-order valence-corrected chi connectivity index (χ4v) is 5.85. The zero-order chi connectivity index (χ0) is 30.8. The summed E-state index contributed by atoms with van der Waals surface area (Å²) in [5.74, 6) is 0.740. The summed E-state index contributed by atoms with van der Waals surface area (Å²) in [6.07, 6.45) is 3.36. The number of nitrogens with one attached hydrogen (secondary N) is 2. The zero-order valence-corrected chi connectivity index (χ0v) is 26.4. The molecule has 1 unspecified atom stereocenters. The van der Waals surface area contributed by atoms with E-state index in [0.29, 0.717) is 25.0 Å². The maximum absolute atomic E-state index is 9.05. The Morgan fingerprint density at radius 1 is 0.667 bits per heavy atom. The fourth-order valence-electron chi connectivity index (χ4n) is 5.85. The largest absolute Gasteiger partial charge is 0.395 e. The summed E-state index contributed by atoms with van der Waals surface area (Å²) in [6.45, 7) is 7.59. The van der Waals surface area contributed by atoms with Crippen molar-refractivity contribution in [1.82, 2.24) is 10.6 Å². The third-order valence-electron chi connectivity index (χ3n) is 8.35. The maximum atomic E-state index is 9.05. The number of aliphatic hydroxyl groups excluding tert-OH is 1. The van der Waals surface area contributed by atoms with Gasteiger partial charge in [-0.05, 0) is 41.5 Å². The van der Waals surface area contributed by atoms with Crippen molar-refractivity contribution in [2.75, 3.05) is 32.9 Å². The second kappa shape index (κ2) is 20.7. The summed E-state index contributed by atoms with van der Waals surface area (Å²) >= 11 is 0. The lowest BCUT2D eigenvalue weighted by Gasteiger charge is -2.27. The predicted molar refractivity (Wildman–Crippen MR) is 190 cm³/mol. The molecule has 0 radical (unpaired) electrons. The van der Waals surface area contributed by atoms with E-state index in [2.05, 4.69) is 134 Å². The van der Waals surface area contributed by atoms with E-state index in [-0.39, 0.29) is 33.8 Å². The van der Waals surface area contributed by atoms with Crippen LogP contribution in [0.2, 0.25) is 0 Å². The van der Waals surface area contributed by atoms with Gasteiger partial charge < -0.3 is 25.2 Å². The van der Waals surface area contributed by atoms with Gasteiger partial charge in [0, 0.05) is 45.0 Å². The van der Waals surface area contributed by atoms with Crippen LogP contribution in [-0.2, 0) is 9.47 Å². The van der Waals surface area contributed by atoms with Crippen LogP contribution in [0.4, 0.5) is 0 Å². The van der Waals surface area contributed by atoms with Crippen LogP contribution in [-0.4, -0.2) is 44.3 Å². The maximum Gasteiger partial charge on any atom is 0.157 e. The van der Waals surface area contributed by atoms with Gasteiger partial charge in [0.2, 0.25) is 0 Å². The number of hydrogen-bond acceptors (Lipinski definition) is 5. The average molecular weight is 614 g/mol. The number of benzene rings is 4. The summed E-state index contributed by atoms with van der Waals surface area (Å²) in [4.78, 5) is 0. The molecule has 0 aromatic heterocycles. The zero-order valence-electron chi connectivity index (χ0n) is 26.4. The Morgan fingerprint density at radius 3 is 1.49 bits per heavy atom. The molecular weight excluding hydrogens is 556 g/mol. The molecule has 0 aliphatic carbocycles. The normalized spacial score (nSPS) is 17.1. The molecule has 45 heavy (non-hydrogen) atoms.